The van der Waals surface area contributed by atoms with Crippen LogP contribution in [0.5, 0.6) is 11.5 Å². The molecule has 0 aliphatic rings. The van der Waals surface area contributed by atoms with Gasteiger partial charge < -0.3 is 38.2 Å². The summed E-state index contributed by atoms with van der Waals surface area (Å²) in [6.45, 7) is 3.96. The van der Waals surface area contributed by atoms with Gasteiger partial charge in [-0.3, -0.25) is 0 Å². The average molecular weight is 1160 g/mol. The molecule has 13 heteroatoms. The van der Waals surface area contributed by atoms with Gasteiger partial charge in [0.2, 0.25) is 0 Å². The van der Waals surface area contributed by atoms with E-state index in [-0.39, 0.29) is 5.92 Å². The van der Waals surface area contributed by atoms with Gasteiger partial charge >= 0.3 is 34.3 Å². The first-order valence-electron chi connectivity index (χ1n) is 24.1. The van der Waals surface area contributed by atoms with Gasteiger partial charge in [-0.1, -0.05) is 255 Å². The molecule has 0 radical (unpaired) electrons. The monoisotopic (exact) mass is 1160 g/mol. The van der Waals surface area contributed by atoms with Gasteiger partial charge in [-0.2, -0.15) is 0 Å². The van der Waals surface area contributed by atoms with Gasteiger partial charge in [0, 0.05) is 0 Å². The molecule has 0 fully saturated rings. The first-order chi connectivity index (χ1) is 36.6. The van der Waals surface area contributed by atoms with Crippen molar-refractivity contribution >= 4 is 67.6 Å². The molecule has 2 N–H and O–H groups in total. The standard InChI is InChI=1S/C20H16P2.C19H24N2O2.2C12H10.BF4.ClH.Ru/c21-17-11-9-13-5-1-3-7-15(13)19(17)20-16-8-4-2-6-14(16)10-12-18(20)22;1-13(2)18(20)19(21,14-5-9-16(22-3)10-6-14)15-7-11-17(23-4)12-8-15;2*1-3-7-11(8-4-1)12-9-5-2-6-10-12;2-1(3,4)5;;/h1-12H,21-22H2;5-13,18,20-21H,1-4H3;2*1-10H;;1H;/q;-2;;;-1;;+4/p-1/t;18-;;;;;/m.0...../s1. The summed E-state index contributed by atoms with van der Waals surface area (Å²) in [5.74, 6) is 1.55. The first kappa shape index (κ1) is 60.7. The second-order valence-electron chi connectivity index (χ2n) is 17.4. The predicted molar refractivity (Wildman–Crippen MR) is 319 cm³/mol. The van der Waals surface area contributed by atoms with Crippen molar-refractivity contribution in [1.82, 2.24) is 0 Å². The number of hydrogen-bond donors (Lipinski definition) is 0. The van der Waals surface area contributed by atoms with Crippen molar-refractivity contribution in [2.75, 3.05) is 14.2 Å². The molecule has 0 aliphatic heterocycles. The van der Waals surface area contributed by atoms with Crippen LogP contribution in [0.15, 0.2) is 243 Å². The van der Waals surface area contributed by atoms with E-state index in [1.807, 2.05) is 104 Å². The predicted octanol–water partition coefficient (Wildman–Crippen LogP) is 18.4. The Hall–Kier alpha value is -6.20. The van der Waals surface area contributed by atoms with Gasteiger partial charge in [-0.15, -0.1) is 24.5 Å². The van der Waals surface area contributed by atoms with Crippen molar-refractivity contribution in [2.45, 2.75) is 25.4 Å². The van der Waals surface area contributed by atoms with Gasteiger partial charge in [0.25, 0.3) is 0 Å². The molecule has 10 aromatic rings. The van der Waals surface area contributed by atoms with Crippen molar-refractivity contribution < 1.29 is 44.0 Å². The molecule has 10 aromatic carbocycles. The van der Waals surface area contributed by atoms with Crippen LogP contribution >= 0.6 is 28.2 Å². The molecule has 390 valence electrons. The van der Waals surface area contributed by atoms with Gasteiger partial charge in [0.1, 0.15) is 11.5 Å². The summed E-state index contributed by atoms with van der Waals surface area (Å²) in [6, 6.07) is 81.8. The van der Waals surface area contributed by atoms with E-state index in [9.17, 15) is 17.3 Å². The summed E-state index contributed by atoms with van der Waals surface area (Å²) in [5.41, 5.74) is 25.9. The van der Waals surface area contributed by atoms with Gasteiger partial charge in [-0.05, 0) is 89.8 Å². The fourth-order valence-corrected chi connectivity index (χ4v) is 9.18. The van der Waals surface area contributed by atoms with Gasteiger partial charge in [0.05, 0.1) is 14.2 Å². The second kappa shape index (κ2) is 30.5. The number of rotatable bonds is 9. The van der Waals surface area contributed by atoms with Crippen LogP contribution in [0.25, 0.3) is 66.4 Å². The van der Waals surface area contributed by atoms with Crippen molar-refractivity contribution in [2.24, 2.45) is 5.92 Å². The molecule has 0 amide bonds. The molecule has 0 heterocycles. The minimum Gasteiger partial charge on any atom is -0.0622 e. The molecular formula is C63H60BClF4N2O2P2Ru. The van der Waals surface area contributed by atoms with E-state index in [4.69, 9.17) is 20.9 Å². The Morgan fingerprint density at radius 1 is 0.434 bits per heavy atom. The number of benzene rings is 10. The van der Waals surface area contributed by atoms with E-state index < -0.39 is 18.8 Å². The van der Waals surface area contributed by atoms with Crippen molar-refractivity contribution in [3.63, 3.8) is 0 Å². The molecule has 3 atom stereocenters. The molecule has 10 rings (SSSR count). The van der Waals surface area contributed by atoms with E-state index in [0.717, 1.165) is 22.6 Å². The van der Waals surface area contributed by atoms with Crippen LogP contribution in [-0.2, 0) is 22.9 Å². The third-order valence-electron chi connectivity index (χ3n) is 12.2. The van der Waals surface area contributed by atoms with E-state index in [2.05, 4.69) is 198 Å². The number of fused-ring (bicyclic) bond motifs is 2. The average Bonchev–Trinajstić information content (AvgIpc) is 3.48. The SMILES string of the molecule is COc1ccc(C([NH-])(c2ccc(OC)cc2)[C@@H]([NH-])C(C)C)cc1.F[B-](F)(F)F.Pc1ccc2ccccc2c1-c1c(P)ccc2ccccc12.[Cl][Ru+3].c1ccc(-c2ccccc2)cc1.c1ccc(-c2ccccc2)cc1. The van der Waals surface area contributed by atoms with E-state index in [0.29, 0.717) is 0 Å². The molecule has 76 heavy (non-hydrogen) atoms. The molecule has 0 aliphatic carbocycles. The molecule has 0 bridgehead atoms. The minimum absolute atomic E-state index is 0.0525. The summed E-state index contributed by atoms with van der Waals surface area (Å²) < 4.78 is 49.4. The Labute approximate surface area is 464 Å². The zero-order chi connectivity index (χ0) is 55.1. The van der Waals surface area contributed by atoms with Crippen molar-refractivity contribution in [3.05, 3.63) is 265 Å². The fraction of sp³-hybridized carbons (Fsp3) is 0.111. The van der Waals surface area contributed by atoms with Crippen LogP contribution < -0.4 is 20.1 Å². The normalized spacial score (nSPS) is 11.1. The molecule has 0 saturated carbocycles. The maximum absolute atomic E-state index is 9.75. The molecule has 2 unspecified atom stereocenters. The largest absolute Gasteiger partial charge is 0.0622 e. The van der Waals surface area contributed by atoms with Crippen LogP contribution in [-0.4, -0.2) is 27.5 Å². The van der Waals surface area contributed by atoms with Crippen LogP contribution in [0.3, 0.4) is 0 Å². The topological polar surface area (TPSA) is 66.1 Å². The summed E-state index contributed by atoms with van der Waals surface area (Å²) in [7, 11) is 7.60. The summed E-state index contributed by atoms with van der Waals surface area (Å²) in [4.78, 5) is 0. The van der Waals surface area contributed by atoms with Crippen LogP contribution in [0.2, 0.25) is 0 Å². The fourth-order valence-electron chi connectivity index (χ4n) is 8.39. The maximum atomic E-state index is 9.75. The molecule has 0 aromatic heterocycles. The Kier molecular flexibility index (Phi) is 24.4. The Bertz CT molecular complexity index is 2990. The molecule has 0 saturated heterocycles. The van der Waals surface area contributed by atoms with Crippen molar-refractivity contribution in [1.29, 1.82) is 0 Å². The second-order valence-corrected chi connectivity index (χ2v) is 18.7. The Morgan fingerprint density at radius 2 is 0.697 bits per heavy atom. The Morgan fingerprint density at radius 3 is 0.961 bits per heavy atom. The third-order valence-corrected chi connectivity index (χ3v) is 13.1. The first-order valence-corrected chi connectivity index (χ1v) is 27.5. The van der Waals surface area contributed by atoms with Crippen LogP contribution in [0, 0.1) is 5.92 Å². The zero-order valence-corrected chi connectivity index (χ0v) is 47.3. The number of hydrogen-bond acceptors (Lipinski definition) is 2. The van der Waals surface area contributed by atoms with E-state index in [1.165, 1.54) is 65.5 Å². The summed E-state index contributed by atoms with van der Waals surface area (Å²) >= 11 is 1.82. The van der Waals surface area contributed by atoms with Gasteiger partial charge in [0.15, 0.2) is 0 Å². The molecular weight excluding hydrogens is 1100 g/mol. The Balaban J connectivity index is 0.000000186. The zero-order valence-electron chi connectivity index (χ0n) is 42.5. The van der Waals surface area contributed by atoms with E-state index in [1.54, 1.807) is 14.2 Å². The number of nitrogens with one attached hydrogen (secondary N) is 2. The minimum atomic E-state index is -6.00. The molecule has 4 nitrogen and oxygen atoms in total. The summed E-state index contributed by atoms with van der Waals surface area (Å²) in [6.07, 6.45) is 0. The maximum Gasteiger partial charge on any atom is -0.0184 e. The number of methoxy groups -OCH3 is 2. The number of ether oxygens (including phenoxy) is 2. The van der Waals surface area contributed by atoms with Crippen LogP contribution in [0.4, 0.5) is 17.3 Å². The number of halogens is 5. The smallest absolute Gasteiger partial charge is 0.0184 e. The summed E-state index contributed by atoms with van der Waals surface area (Å²) in [5, 5.41) is 7.63. The van der Waals surface area contributed by atoms with Crippen molar-refractivity contribution in [3.8, 4) is 44.9 Å². The quantitative estimate of drug-likeness (QED) is 0.0821. The van der Waals surface area contributed by atoms with E-state index >= 15 is 0 Å². The molecule has 0 spiro atoms. The van der Waals surface area contributed by atoms with Gasteiger partial charge in [-0.25, -0.2) is 0 Å². The third kappa shape index (κ3) is 17.4. The van der Waals surface area contributed by atoms with Crippen LogP contribution in [0.1, 0.15) is 25.0 Å².